The van der Waals surface area contributed by atoms with Gasteiger partial charge in [0, 0.05) is 31.2 Å². The zero-order valence-electron chi connectivity index (χ0n) is 13.9. The molecule has 1 N–H and O–H groups in total. The fourth-order valence-electron chi connectivity index (χ4n) is 2.79. The van der Waals surface area contributed by atoms with E-state index in [1.807, 2.05) is 0 Å². The molecule has 138 valence electrons. The first kappa shape index (κ1) is 17.7. The highest BCUT2D eigenvalue weighted by molar-refractivity contribution is 5.63. The molecule has 7 nitrogen and oxygen atoms in total. The van der Waals surface area contributed by atoms with Crippen LogP contribution in [-0.4, -0.2) is 46.5 Å². The van der Waals surface area contributed by atoms with Crippen molar-refractivity contribution >= 4 is 0 Å². The van der Waals surface area contributed by atoms with E-state index >= 15 is 0 Å². The Bertz CT molecular complexity index is 767. The molecule has 3 rings (SSSR count). The molecule has 0 bridgehead atoms. The third-order valence-corrected chi connectivity index (χ3v) is 4.21. The fraction of sp³-hybridized carbons (Fsp3) is 0.600. The SMILES string of the molecule is COCCOc1cc2n(n1)C[C@H](C)c1c([C@@](C)(O)C(F)(F)F)noc1-2. The van der Waals surface area contributed by atoms with Crippen molar-refractivity contribution < 1.29 is 32.3 Å². The van der Waals surface area contributed by atoms with E-state index in [2.05, 4.69) is 10.3 Å². The molecule has 0 unspecified atom stereocenters. The largest absolute Gasteiger partial charge is 0.474 e. The Morgan fingerprint density at radius 1 is 1.40 bits per heavy atom. The van der Waals surface area contributed by atoms with E-state index in [0.717, 1.165) is 0 Å². The number of methoxy groups -OCH3 is 1. The molecule has 2 atom stereocenters. The number of halogens is 3. The first-order chi connectivity index (χ1) is 11.7. The van der Waals surface area contributed by atoms with E-state index in [0.29, 0.717) is 38.3 Å². The normalized spacial score (nSPS) is 19.2. The lowest BCUT2D eigenvalue weighted by Gasteiger charge is -2.27. The molecule has 0 aromatic carbocycles. The van der Waals surface area contributed by atoms with E-state index in [9.17, 15) is 18.3 Å². The van der Waals surface area contributed by atoms with Gasteiger partial charge < -0.3 is 19.1 Å². The molecule has 0 fully saturated rings. The Morgan fingerprint density at radius 3 is 2.76 bits per heavy atom. The van der Waals surface area contributed by atoms with Crippen molar-refractivity contribution in [2.45, 2.75) is 38.1 Å². The molecular formula is C15H18F3N3O4. The monoisotopic (exact) mass is 361 g/mol. The van der Waals surface area contributed by atoms with Gasteiger partial charge in [-0.15, -0.1) is 5.10 Å². The predicted molar refractivity (Wildman–Crippen MR) is 79.1 cm³/mol. The van der Waals surface area contributed by atoms with Crippen LogP contribution in [0.3, 0.4) is 0 Å². The first-order valence-electron chi connectivity index (χ1n) is 7.66. The van der Waals surface area contributed by atoms with Crippen LogP contribution in [0.5, 0.6) is 5.88 Å². The topological polar surface area (TPSA) is 82.5 Å². The lowest BCUT2D eigenvalue weighted by molar-refractivity contribution is -0.261. The minimum absolute atomic E-state index is 0.160. The van der Waals surface area contributed by atoms with E-state index in [1.54, 1.807) is 17.7 Å². The molecule has 0 amide bonds. The second-order valence-corrected chi connectivity index (χ2v) is 6.14. The number of hydrogen-bond donors (Lipinski definition) is 1. The average molecular weight is 361 g/mol. The van der Waals surface area contributed by atoms with Crippen LogP contribution in [0.1, 0.15) is 31.0 Å². The lowest BCUT2D eigenvalue weighted by Crippen LogP contribution is -2.40. The molecule has 0 aliphatic carbocycles. The van der Waals surface area contributed by atoms with Crippen molar-refractivity contribution in [3.8, 4) is 17.3 Å². The maximum atomic E-state index is 13.2. The molecule has 0 saturated heterocycles. The van der Waals surface area contributed by atoms with Crippen LogP contribution >= 0.6 is 0 Å². The Kier molecular flexibility index (Phi) is 4.28. The zero-order chi connectivity index (χ0) is 18.4. The van der Waals surface area contributed by atoms with Crippen LogP contribution in [0, 0.1) is 0 Å². The van der Waals surface area contributed by atoms with Crippen molar-refractivity contribution in [2.75, 3.05) is 20.3 Å². The van der Waals surface area contributed by atoms with Gasteiger partial charge in [-0.2, -0.15) is 13.2 Å². The third kappa shape index (κ3) is 2.89. The number of aromatic nitrogens is 3. The summed E-state index contributed by atoms with van der Waals surface area (Å²) in [6.07, 6.45) is -4.87. The minimum Gasteiger partial charge on any atom is -0.474 e. The maximum Gasteiger partial charge on any atom is 0.422 e. The van der Waals surface area contributed by atoms with Crippen molar-refractivity contribution in [3.05, 3.63) is 17.3 Å². The molecule has 0 saturated carbocycles. The molecule has 1 aliphatic rings. The molecule has 10 heteroatoms. The van der Waals surface area contributed by atoms with Gasteiger partial charge in [-0.05, 0) is 6.92 Å². The summed E-state index contributed by atoms with van der Waals surface area (Å²) in [7, 11) is 1.54. The number of fused-ring (bicyclic) bond motifs is 3. The highest BCUT2D eigenvalue weighted by Crippen LogP contribution is 2.46. The number of hydrogen-bond acceptors (Lipinski definition) is 6. The Morgan fingerprint density at radius 2 is 2.12 bits per heavy atom. The molecule has 0 spiro atoms. The van der Waals surface area contributed by atoms with Gasteiger partial charge in [-0.25, -0.2) is 0 Å². The number of aliphatic hydroxyl groups is 1. The summed E-state index contributed by atoms with van der Waals surface area (Å²) in [5, 5.41) is 17.8. The molecule has 2 aromatic heterocycles. The molecule has 0 radical (unpaired) electrons. The summed E-state index contributed by atoms with van der Waals surface area (Å²) >= 11 is 0. The van der Waals surface area contributed by atoms with Crippen LogP contribution in [0.25, 0.3) is 11.5 Å². The second-order valence-electron chi connectivity index (χ2n) is 6.14. The van der Waals surface area contributed by atoms with E-state index in [-0.39, 0.29) is 17.2 Å². The smallest absolute Gasteiger partial charge is 0.422 e. The third-order valence-electron chi connectivity index (χ3n) is 4.21. The number of alkyl halides is 3. The van der Waals surface area contributed by atoms with Gasteiger partial charge in [0.05, 0.1) is 6.61 Å². The zero-order valence-corrected chi connectivity index (χ0v) is 13.9. The summed E-state index contributed by atoms with van der Waals surface area (Å²) in [4.78, 5) is 0. The van der Waals surface area contributed by atoms with Crippen LogP contribution < -0.4 is 4.74 Å². The van der Waals surface area contributed by atoms with Gasteiger partial charge in [0.25, 0.3) is 0 Å². The van der Waals surface area contributed by atoms with Gasteiger partial charge in [0.1, 0.15) is 18.0 Å². The number of rotatable bonds is 5. The molecule has 2 aromatic rings. The van der Waals surface area contributed by atoms with E-state index in [1.165, 1.54) is 7.11 Å². The van der Waals surface area contributed by atoms with Crippen molar-refractivity contribution in [1.82, 2.24) is 14.9 Å². The second kappa shape index (κ2) is 6.03. The standard InChI is InChI=1S/C15H18F3N3O4/c1-8-7-21-9(6-10(19-21)24-5-4-23-3)12-11(8)13(20-25-12)14(2,22)15(16,17)18/h6,8,22H,4-5,7H2,1-3H3/t8-,14+/m0/s1. The first-order valence-corrected chi connectivity index (χ1v) is 7.66. The Labute approximate surface area is 141 Å². The van der Waals surface area contributed by atoms with E-state index < -0.39 is 17.5 Å². The lowest BCUT2D eigenvalue weighted by atomic mass is 9.88. The van der Waals surface area contributed by atoms with Gasteiger partial charge in [-0.3, -0.25) is 4.68 Å². The van der Waals surface area contributed by atoms with Gasteiger partial charge >= 0.3 is 6.18 Å². The molecule has 25 heavy (non-hydrogen) atoms. The summed E-state index contributed by atoms with van der Waals surface area (Å²) in [5.74, 6) is 0.101. The van der Waals surface area contributed by atoms with E-state index in [4.69, 9.17) is 14.0 Å². The van der Waals surface area contributed by atoms with Crippen LogP contribution in [-0.2, 0) is 16.9 Å². The van der Waals surface area contributed by atoms with Gasteiger partial charge in [0.2, 0.25) is 11.5 Å². The Balaban J connectivity index is 2.00. The quantitative estimate of drug-likeness (QED) is 0.824. The summed E-state index contributed by atoms with van der Waals surface area (Å²) in [6.45, 7) is 3.38. The van der Waals surface area contributed by atoms with Gasteiger partial charge in [0.15, 0.2) is 5.76 Å². The number of nitrogens with zero attached hydrogens (tertiary/aromatic N) is 3. The maximum absolute atomic E-state index is 13.2. The fourth-order valence-corrected chi connectivity index (χ4v) is 2.79. The molecule has 3 heterocycles. The molecular weight excluding hydrogens is 343 g/mol. The predicted octanol–water partition coefficient (Wildman–Crippen LogP) is 2.45. The van der Waals surface area contributed by atoms with Crippen molar-refractivity contribution in [1.29, 1.82) is 0 Å². The van der Waals surface area contributed by atoms with Crippen LogP contribution in [0.2, 0.25) is 0 Å². The average Bonchev–Trinajstić information content (AvgIpc) is 3.10. The van der Waals surface area contributed by atoms with Crippen LogP contribution in [0.15, 0.2) is 10.6 Å². The van der Waals surface area contributed by atoms with Gasteiger partial charge in [-0.1, -0.05) is 12.1 Å². The number of ether oxygens (including phenoxy) is 2. The molecule has 1 aliphatic heterocycles. The highest BCUT2D eigenvalue weighted by atomic mass is 19.4. The summed E-state index contributed by atoms with van der Waals surface area (Å²) < 4.78 is 56.6. The Hall–Kier alpha value is -2.07. The summed E-state index contributed by atoms with van der Waals surface area (Å²) in [5.41, 5.74) is -2.93. The minimum atomic E-state index is -4.87. The highest BCUT2D eigenvalue weighted by Gasteiger charge is 2.55. The van der Waals surface area contributed by atoms with Crippen molar-refractivity contribution in [2.24, 2.45) is 0 Å². The van der Waals surface area contributed by atoms with Crippen molar-refractivity contribution in [3.63, 3.8) is 0 Å². The summed E-state index contributed by atoms with van der Waals surface area (Å²) in [6, 6.07) is 1.57. The van der Waals surface area contributed by atoms with Crippen LogP contribution in [0.4, 0.5) is 13.2 Å².